The van der Waals surface area contributed by atoms with Gasteiger partial charge in [0.15, 0.2) is 0 Å². The monoisotopic (exact) mass is 278 g/mol. The molecule has 114 valence electrons. The Morgan fingerprint density at radius 2 is 1.60 bits per heavy atom. The van der Waals surface area contributed by atoms with Crippen molar-refractivity contribution in [2.75, 3.05) is 32.7 Å². The molecule has 20 heavy (non-hydrogen) atoms. The van der Waals surface area contributed by atoms with Crippen molar-refractivity contribution >= 4 is 0 Å². The molecule has 0 aliphatic carbocycles. The maximum absolute atomic E-state index is 10.2. The number of aliphatic hydroxyl groups is 1. The number of nitrogens with zero attached hydrogens (tertiary/aromatic N) is 1. The number of benzene rings is 1. The first-order valence-corrected chi connectivity index (χ1v) is 7.79. The molecule has 1 aromatic carbocycles. The van der Waals surface area contributed by atoms with Crippen molar-refractivity contribution in [3.8, 4) is 0 Å². The summed E-state index contributed by atoms with van der Waals surface area (Å²) in [5, 5.41) is 13.5. The maximum atomic E-state index is 10.2. The van der Waals surface area contributed by atoms with Crippen LogP contribution in [0.1, 0.15) is 50.8 Å². The van der Waals surface area contributed by atoms with E-state index >= 15 is 0 Å². The fourth-order valence-corrected chi connectivity index (χ4v) is 2.24. The fraction of sp³-hybridized carbons (Fsp3) is 0.647. The summed E-state index contributed by atoms with van der Waals surface area (Å²) < 4.78 is 0. The molecule has 0 spiro atoms. The lowest BCUT2D eigenvalue weighted by molar-refractivity contribution is 0.172. The Labute approximate surface area is 124 Å². The molecule has 0 aliphatic rings. The molecule has 2 N–H and O–H groups in total. The van der Waals surface area contributed by atoms with E-state index in [-0.39, 0.29) is 0 Å². The van der Waals surface area contributed by atoms with E-state index in [1.165, 1.54) is 5.56 Å². The van der Waals surface area contributed by atoms with Gasteiger partial charge in [0.25, 0.3) is 0 Å². The molecular formula is C17H30N2O. The first-order chi connectivity index (χ1) is 9.58. The summed E-state index contributed by atoms with van der Waals surface area (Å²) in [6.45, 7) is 13.4. The van der Waals surface area contributed by atoms with E-state index in [2.05, 4.69) is 50.0 Å². The maximum Gasteiger partial charge on any atom is 0.0914 e. The van der Waals surface area contributed by atoms with Crippen LogP contribution in [0.5, 0.6) is 0 Å². The van der Waals surface area contributed by atoms with Crippen LogP contribution in [0.25, 0.3) is 0 Å². The molecule has 0 bridgehead atoms. The molecule has 0 aromatic heterocycles. The van der Waals surface area contributed by atoms with Crippen LogP contribution in [0, 0.1) is 0 Å². The minimum Gasteiger partial charge on any atom is -0.387 e. The first-order valence-electron chi connectivity index (χ1n) is 7.79. The van der Waals surface area contributed by atoms with Crippen LogP contribution in [0.15, 0.2) is 24.3 Å². The molecule has 1 rings (SSSR count). The highest BCUT2D eigenvalue weighted by molar-refractivity contribution is 5.26. The van der Waals surface area contributed by atoms with E-state index in [9.17, 15) is 5.11 Å². The first kappa shape index (κ1) is 17.2. The minimum atomic E-state index is -0.423. The van der Waals surface area contributed by atoms with Gasteiger partial charge in [-0.1, -0.05) is 52.0 Å². The van der Waals surface area contributed by atoms with Crippen LogP contribution in [0.2, 0.25) is 0 Å². The molecule has 0 fully saturated rings. The van der Waals surface area contributed by atoms with Gasteiger partial charge >= 0.3 is 0 Å². The molecular weight excluding hydrogens is 248 g/mol. The van der Waals surface area contributed by atoms with Gasteiger partial charge in [-0.05, 0) is 30.1 Å². The molecule has 0 amide bonds. The lowest BCUT2D eigenvalue weighted by Crippen LogP contribution is -2.33. The van der Waals surface area contributed by atoms with E-state index in [0.717, 1.165) is 31.7 Å². The van der Waals surface area contributed by atoms with Crippen molar-refractivity contribution in [3.05, 3.63) is 35.4 Å². The predicted molar refractivity (Wildman–Crippen MR) is 86.1 cm³/mol. The van der Waals surface area contributed by atoms with Crippen molar-refractivity contribution in [2.45, 2.75) is 39.7 Å². The van der Waals surface area contributed by atoms with E-state index in [1.807, 2.05) is 12.1 Å². The van der Waals surface area contributed by atoms with Crippen LogP contribution >= 0.6 is 0 Å². The smallest absolute Gasteiger partial charge is 0.0914 e. The van der Waals surface area contributed by atoms with Crippen molar-refractivity contribution < 1.29 is 5.11 Å². The average molecular weight is 278 g/mol. The summed E-state index contributed by atoms with van der Waals surface area (Å²) in [6, 6.07) is 8.29. The van der Waals surface area contributed by atoms with Crippen LogP contribution in [0.4, 0.5) is 0 Å². The van der Waals surface area contributed by atoms with Crippen molar-refractivity contribution in [1.29, 1.82) is 0 Å². The zero-order valence-corrected chi connectivity index (χ0v) is 13.4. The SMILES string of the molecule is CCN(CC)CCNCC(O)c1ccc(C(C)C)cc1. The Morgan fingerprint density at radius 1 is 1.05 bits per heavy atom. The third kappa shape index (κ3) is 5.61. The zero-order chi connectivity index (χ0) is 15.0. The molecule has 0 aliphatic heterocycles. The van der Waals surface area contributed by atoms with Crippen molar-refractivity contribution in [3.63, 3.8) is 0 Å². The lowest BCUT2D eigenvalue weighted by atomic mass is 10.00. The molecule has 0 saturated heterocycles. The van der Waals surface area contributed by atoms with Gasteiger partial charge < -0.3 is 15.3 Å². The number of hydrogen-bond acceptors (Lipinski definition) is 3. The molecule has 3 heteroatoms. The van der Waals surface area contributed by atoms with Gasteiger partial charge in [0.2, 0.25) is 0 Å². The number of likely N-dealkylation sites (N-methyl/N-ethyl adjacent to an activating group) is 1. The topological polar surface area (TPSA) is 35.5 Å². The van der Waals surface area contributed by atoms with Gasteiger partial charge in [0, 0.05) is 19.6 Å². The highest BCUT2D eigenvalue weighted by Crippen LogP contribution is 2.18. The highest BCUT2D eigenvalue weighted by atomic mass is 16.3. The number of hydrogen-bond donors (Lipinski definition) is 2. The molecule has 0 heterocycles. The van der Waals surface area contributed by atoms with Gasteiger partial charge in [-0.15, -0.1) is 0 Å². The number of nitrogens with one attached hydrogen (secondary N) is 1. The lowest BCUT2D eigenvalue weighted by Gasteiger charge is -2.19. The second-order valence-electron chi connectivity index (χ2n) is 5.57. The Bertz CT molecular complexity index is 358. The number of aliphatic hydroxyl groups excluding tert-OH is 1. The quantitative estimate of drug-likeness (QED) is 0.682. The molecule has 0 radical (unpaired) electrons. The van der Waals surface area contributed by atoms with Crippen molar-refractivity contribution in [1.82, 2.24) is 10.2 Å². The van der Waals surface area contributed by atoms with Gasteiger partial charge in [0.1, 0.15) is 0 Å². The zero-order valence-electron chi connectivity index (χ0n) is 13.4. The Hall–Kier alpha value is -0.900. The van der Waals surface area contributed by atoms with E-state index in [0.29, 0.717) is 12.5 Å². The molecule has 0 saturated carbocycles. The highest BCUT2D eigenvalue weighted by Gasteiger charge is 2.08. The summed E-state index contributed by atoms with van der Waals surface area (Å²) in [5.74, 6) is 0.536. The fourth-order valence-electron chi connectivity index (χ4n) is 2.24. The molecule has 1 atom stereocenters. The van der Waals surface area contributed by atoms with Crippen LogP contribution in [-0.2, 0) is 0 Å². The summed E-state index contributed by atoms with van der Waals surface area (Å²) >= 11 is 0. The molecule has 1 unspecified atom stereocenters. The predicted octanol–water partition coefficient (Wildman–Crippen LogP) is 2.77. The second kappa shape index (κ2) is 9.11. The van der Waals surface area contributed by atoms with Crippen LogP contribution in [-0.4, -0.2) is 42.7 Å². The van der Waals surface area contributed by atoms with Crippen molar-refractivity contribution in [2.24, 2.45) is 0 Å². The third-order valence-electron chi connectivity index (χ3n) is 3.82. The normalized spacial score (nSPS) is 13.2. The van der Waals surface area contributed by atoms with Crippen LogP contribution < -0.4 is 5.32 Å². The van der Waals surface area contributed by atoms with Gasteiger partial charge in [-0.3, -0.25) is 0 Å². The summed E-state index contributed by atoms with van der Waals surface area (Å²) in [5.41, 5.74) is 2.31. The van der Waals surface area contributed by atoms with Gasteiger partial charge in [-0.25, -0.2) is 0 Å². The Morgan fingerprint density at radius 3 is 2.10 bits per heavy atom. The summed E-state index contributed by atoms with van der Waals surface area (Å²) in [4.78, 5) is 2.37. The second-order valence-corrected chi connectivity index (χ2v) is 5.57. The van der Waals surface area contributed by atoms with Gasteiger partial charge in [-0.2, -0.15) is 0 Å². The Balaban J connectivity index is 2.33. The van der Waals surface area contributed by atoms with E-state index in [4.69, 9.17) is 0 Å². The summed E-state index contributed by atoms with van der Waals surface area (Å²) in [7, 11) is 0. The number of rotatable bonds is 9. The molecule has 1 aromatic rings. The van der Waals surface area contributed by atoms with Crippen LogP contribution in [0.3, 0.4) is 0 Å². The standard InChI is InChI=1S/C17H30N2O/c1-5-19(6-2)12-11-18-13-17(20)16-9-7-15(8-10-16)14(3)4/h7-10,14,17-18,20H,5-6,11-13H2,1-4H3. The Kier molecular flexibility index (Phi) is 7.82. The average Bonchev–Trinajstić information content (AvgIpc) is 2.47. The minimum absolute atomic E-state index is 0.423. The largest absolute Gasteiger partial charge is 0.387 e. The van der Waals surface area contributed by atoms with E-state index < -0.39 is 6.10 Å². The summed E-state index contributed by atoms with van der Waals surface area (Å²) in [6.07, 6.45) is -0.423. The third-order valence-corrected chi connectivity index (χ3v) is 3.82. The van der Waals surface area contributed by atoms with E-state index in [1.54, 1.807) is 0 Å². The molecule has 3 nitrogen and oxygen atoms in total. The van der Waals surface area contributed by atoms with Gasteiger partial charge in [0.05, 0.1) is 6.10 Å².